The SMILES string of the molecule is C[Si](C)(C)[Si]([Si]([Si](C)(C)C)[Si](C)(C)[Si](C)(C)[Si]([Si](C)(C)C)[Si](C)(C)C)[Si](C)(C)[Si](C)(C)[Si]([Si](C)(C)C)[Si](C)(C)C. The lowest BCUT2D eigenvalue weighted by Crippen LogP contribution is -2.94. The van der Waals surface area contributed by atoms with Crippen LogP contribution in [0.1, 0.15) is 0 Å². The van der Waals surface area contributed by atoms with Crippen LogP contribution in [0, 0.1) is 0 Å². The molecule has 0 aromatic rings. The first-order valence-electron chi connectivity index (χ1n) is 16.2. The molecule has 0 bridgehead atoms. The van der Waals surface area contributed by atoms with Crippen LogP contribution >= 0.6 is 0 Å². The molecule has 0 amide bonds. The zero-order valence-electron chi connectivity index (χ0n) is 33.0. The van der Waals surface area contributed by atoms with Crippen LogP contribution in [0.15, 0.2) is 0 Å². The summed E-state index contributed by atoms with van der Waals surface area (Å²) < 4.78 is 0. The van der Waals surface area contributed by atoms with Gasteiger partial charge >= 0.3 is 0 Å². The minimum absolute atomic E-state index is 0.228. The molecule has 0 aliphatic carbocycles. The zero-order chi connectivity index (χ0) is 33.3. The van der Waals surface area contributed by atoms with Gasteiger partial charge < -0.3 is 0 Å². The van der Waals surface area contributed by atoms with Crippen LogP contribution in [0.25, 0.3) is 0 Å². The minimum Gasteiger partial charge on any atom is -0.0739 e. The molecular weight excluding hydrogens is 705 g/mol. The smallest absolute Gasteiger partial charge is 0.0303 e. The quantitative estimate of drug-likeness (QED) is 0.163. The molecule has 0 aliphatic heterocycles. The van der Waals surface area contributed by atoms with Crippen molar-refractivity contribution in [2.24, 2.45) is 0 Å². The van der Waals surface area contributed by atoms with Gasteiger partial charge in [-0.3, -0.25) is 0 Å². The predicted octanol–water partition coefficient (Wildman–Crippen LogP) is 9.85. The lowest BCUT2D eigenvalue weighted by atomic mass is 11.8. The van der Waals surface area contributed by atoms with Crippen molar-refractivity contribution in [2.45, 2.75) is 170 Å². The van der Waals surface area contributed by atoms with E-state index in [1.807, 2.05) is 0 Å². The van der Waals surface area contributed by atoms with Crippen molar-refractivity contribution in [3.63, 3.8) is 0 Å². The van der Waals surface area contributed by atoms with E-state index in [-0.39, 0.29) is 29.4 Å². The number of hydrogen-bond donors (Lipinski definition) is 0. The molecule has 0 aromatic carbocycles. The van der Waals surface area contributed by atoms with E-state index in [4.69, 9.17) is 0 Å². The lowest BCUT2D eigenvalue weighted by molar-refractivity contribution is 1.78. The Labute approximate surface area is 271 Å². The molecule has 0 atom stereocenters. The maximum atomic E-state index is 3.11. The molecule has 0 fully saturated rings. The molecule has 4 radical (unpaired) electrons. The highest BCUT2D eigenvalue weighted by Gasteiger charge is 2.68. The normalized spacial score (nSPS) is 16.6. The average molecular weight is 784 g/mol. The van der Waals surface area contributed by atoms with Gasteiger partial charge in [-0.15, -0.1) is 0 Å². The lowest BCUT2D eigenvalue weighted by Gasteiger charge is -2.64. The molecular formula is C26H78Si14. The van der Waals surface area contributed by atoms with E-state index in [2.05, 4.69) is 170 Å². The fourth-order valence-electron chi connectivity index (χ4n) is 10.5. The standard InChI is InChI=1S/C26H78Si14/c1-31(2,3)27(37(19,20)39(23,24)29(33(7,8)9)34(10,11)12)28(32(4,5)6)38(21,22)40(25,26)30(35(13,14)15)36(16,17)18/h1-26H3. The summed E-state index contributed by atoms with van der Waals surface area (Å²) in [5.41, 5.74) is 0. The molecule has 0 spiro atoms. The summed E-state index contributed by atoms with van der Waals surface area (Å²) in [7, 11) is -13.6. The second kappa shape index (κ2) is 12.6. The number of rotatable bonds is 13. The van der Waals surface area contributed by atoms with Gasteiger partial charge in [-0.1, -0.05) is 170 Å². The Morgan fingerprint density at radius 3 is 0.450 bits per heavy atom. The topological polar surface area (TPSA) is 0 Å². The Balaban J connectivity index is 7.91. The summed E-state index contributed by atoms with van der Waals surface area (Å²) in [5, 5.41) is 0. The summed E-state index contributed by atoms with van der Waals surface area (Å²) in [6.07, 6.45) is 0. The maximum absolute atomic E-state index is 3.11. The summed E-state index contributed by atoms with van der Waals surface area (Å²) in [5.74, 6) is 0. The van der Waals surface area contributed by atoms with E-state index < -0.39 is 74.0 Å². The van der Waals surface area contributed by atoms with Gasteiger partial charge in [-0.25, -0.2) is 0 Å². The summed E-state index contributed by atoms with van der Waals surface area (Å²) >= 11 is 0. The fourth-order valence-corrected chi connectivity index (χ4v) is 547. The van der Waals surface area contributed by atoms with E-state index in [1.165, 1.54) is 0 Å². The molecule has 14 heteroatoms. The number of hydrogen-bond acceptors (Lipinski definition) is 0. The van der Waals surface area contributed by atoms with Crippen molar-refractivity contribution in [1.29, 1.82) is 0 Å². The van der Waals surface area contributed by atoms with Crippen LogP contribution in [-0.2, 0) is 0 Å². The van der Waals surface area contributed by atoms with Crippen molar-refractivity contribution in [2.75, 3.05) is 0 Å². The zero-order valence-corrected chi connectivity index (χ0v) is 47.0. The Kier molecular flexibility index (Phi) is 13.5. The highest BCUT2D eigenvalue weighted by atomic mass is 30.3. The van der Waals surface area contributed by atoms with Crippen molar-refractivity contribution in [3.05, 3.63) is 0 Å². The molecule has 0 heterocycles. The van der Waals surface area contributed by atoms with Crippen LogP contribution in [0.5, 0.6) is 0 Å². The molecule has 0 unspecified atom stereocenters. The summed E-state index contributed by atoms with van der Waals surface area (Å²) in [4.78, 5) is 0. The largest absolute Gasteiger partial charge is 0.0739 e. The van der Waals surface area contributed by atoms with Crippen molar-refractivity contribution in [3.8, 4) is 0 Å². The second-order valence-corrected chi connectivity index (χ2v) is 164. The molecule has 0 rings (SSSR count). The second-order valence-electron chi connectivity index (χ2n) is 21.5. The molecule has 0 N–H and O–H groups in total. The molecule has 0 nitrogen and oxygen atoms in total. The Bertz CT molecular complexity index is 753. The van der Waals surface area contributed by atoms with Gasteiger partial charge in [0.2, 0.25) is 0 Å². The van der Waals surface area contributed by atoms with Crippen molar-refractivity contribution in [1.82, 2.24) is 0 Å². The molecule has 0 saturated carbocycles. The van der Waals surface area contributed by atoms with Crippen LogP contribution in [0.3, 0.4) is 0 Å². The molecule has 0 aromatic heterocycles. The van der Waals surface area contributed by atoms with E-state index in [9.17, 15) is 0 Å². The highest BCUT2D eigenvalue weighted by molar-refractivity contribution is 8.15. The van der Waals surface area contributed by atoms with E-state index in [0.29, 0.717) is 0 Å². The third-order valence-corrected chi connectivity index (χ3v) is 291. The predicted molar refractivity (Wildman–Crippen MR) is 233 cm³/mol. The third-order valence-electron chi connectivity index (χ3n) is 10.4. The van der Waals surface area contributed by atoms with Crippen molar-refractivity contribution >= 4 is 103 Å². The van der Waals surface area contributed by atoms with Gasteiger partial charge in [0, 0.05) is 103 Å². The van der Waals surface area contributed by atoms with Crippen molar-refractivity contribution < 1.29 is 0 Å². The Morgan fingerprint density at radius 1 is 0.200 bits per heavy atom. The first kappa shape index (κ1) is 43.0. The highest BCUT2D eigenvalue weighted by Crippen LogP contribution is 2.42. The summed E-state index contributed by atoms with van der Waals surface area (Å²) in [6, 6.07) is 0. The first-order valence-corrected chi connectivity index (χ1v) is 68.2. The first-order chi connectivity index (χ1) is 16.7. The van der Waals surface area contributed by atoms with Crippen LogP contribution in [-0.4, -0.2) is 103 Å². The van der Waals surface area contributed by atoms with E-state index >= 15 is 0 Å². The molecule has 40 heavy (non-hydrogen) atoms. The fraction of sp³-hybridized carbons (Fsp3) is 1.00. The minimum atomic E-state index is -1.38. The van der Waals surface area contributed by atoms with Gasteiger partial charge in [-0.2, -0.15) is 0 Å². The van der Waals surface area contributed by atoms with Gasteiger partial charge in [0.25, 0.3) is 0 Å². The van der Waals surface area contributed by atoms with E-state index in [1.54, 1.807) is 0 Å². The van der Waals surface area contributed by atoms with Gasteiger partial charge in [-0.05, 0) is 0 Å². The Morgan fingerprint density at radius 2 is 0.350 bits per heavy atom. The third kappa shape index (κ3) is 9.10. The maximum Gasteiger partial charge on any atom is 0.0303 e. The average Bonchev–Trinajstić information content (AvgIpc) is 2.49. The summed E-state index contributed by atoms with van der Waals surface area (Å²) in [6.45, 7) is 76.3. The molecule has 0 saturated heterocycles. The van der Waals surface area contributed by atoms with Gasteiger partial charge in [0.05, 0.1) is 0 Å². The monoisotopic (exact) mass is 782 g/mol. The van der Waals surface area contributed by atoms with Crippen LogP contribution in [0.2, 0.25) is 170 Å². The van der Waals surface area contributed by atoms with Crippen LogP contribution < -0.4 is 0 Å². The van der Waals surface area contributed by atoms with Gasteiger partial charge in [0.15, 0.2) is 0 Å². The molecule has 0 aliphatic rings. The van der Waals surface area contributed by atoms with Gasteiger partial charge in [0.1, 0.15) is 0 Å². The molecule has 238 valence electrons. The van der Waals surface area contributed by atoms with E-state index in [0.717, 1.165) is 0 Å². The van der Waals surface area contributed by atoms with Crippen LogP contribution in [0.4, 0.5) is 0 Å². The Hall–Kier alpha value is 3.04.